The molecule has 0 saturated carbocycles. The van der Waals surface area contributed by atoms with Crippen LogP contribution < -0.4 is 10.2 Å². The first-order valence-electron chi connectivity index (χ1n) is 7.29. The van der Waals surface area contributed by atoms with Gasteiger partial charge in [0.25, 0.3) is 0 Å². The Balaban J connectivity index is 1.72. The second kappa shape index (κ2) is 6.71. The molecule has 2 N–H and O–H groups in total. The Hall–Kier alpha value is -2.24. The molecule has 0 radical (unpaired) electrons. The number of carbonyl (C=O) groups excluding carboxylic acids is 2. The molecule has 1 saturated heterocycles. The fourth-order valence-electron chi connectivity index (χ4n) is 2.60. The zero-order valence-corrected chi connectivity index (χ0v) is 14.0. The summed E-state index contributed by atoms with van der Waals surface area (Å²) >= 11 is 11.7. The van der Waals surface area contributed by atoms with Crippen molar-refractivity contribution in [1.29, 1.82) is 0 Å². The average Bonchev–Trinajstić information content (AvgIpc) is 2.94. The Labute approximate surface area is 148 Å². The maximum Gasteiger partial charge on any atom is 0.229 e. The summed E-state index contributed by atoms with van der Waals surface area (Å²) in [5, 5.41) is 13.4. The lowest BCUT2D eigenvalue weighted by Gasteiger charge is -2.17. The van der Waals surface area contributed by atoms with Crippen LogP contribution in [0.1, 0.15) is 6.42 Å². The number of aromatic hydroxyl groups is 1. The lowest BCUT2D eigenvalue weighted by Crippen LogP contribution is -2.28. The quantitative estimate of drug-likeness (QED) is 0.815. The SMILES string of the molecule is O=C(Nc1cc(Cl)ccc1O)C1CC(=O)N(c2ccc(Cl)cc2)C1. The van der Waals surface area contributed by atoms with Crippen LogP contribution in [0.25, 0.3) is 0 Å². The van der Waals surface area contributed by atoms with E-state index >= 15 is 0 Å². The predicted molar refractivity (Wildman–Crippen MR) is 93.7 cm³/mol. The zero-order chi connectivity index (χ0) is 17.3. The molecular weight excluding hydrogens is 351 g/mol. The maximum absolute atomic E-state index is 12.4. The molecule has 1 fully saturated rings. The van der Waals surface area contributed by atoms with Gasteiger partial charge in [-0.2, -0.15) is 0 Å². The van der Waals surface area contributed by atoms with E-state index in [4.69, 9.17) is 23.2 Å². The van der Waals surface area contributed by atoms with E-state index in [1.165, 1.54) is 18.2 Å². The molecule has 24 heavy (non-hydrogen) atoms. The smallest absolute Gasteiger partial charge is 0.229 e. The summed E-state index contributed by atoms with van der Waals surface area (Å²) in [6.07, 6.45) is 0.107. The molecule has 0 bridgehead atoms. The number of benzene rings is 2. The molecule has 2 aromatic rings. The molecule has 5 nitrogen and oxygen atoms in total. The van der Waals surface area contributed by atoms with E-state index in [9.17, 15) is 14.7 Å². The highest BCUT2D eigenvalue weighted by Crippen LogP contribution is 2.30. The van der Waals surface area contributed by atoms with Crippen LogP contribution in [0.5, 0.6) is 5.75 Å². The number of anilines is 2. The van der Waals surface area contributed by atoms with Gasteiger partial charge < -0.3 is 15.3 Å². The highest BCUT2D eigenvalue weighted by Gasteiger charge is 2.35. The second-order valence-corrected chi connectivity index (χ2v) is 6.41. The van der Waals surface area contributed by atoms with Crippen LogP contribution in [0.15, 0.2) is 42.5 Å². The molecule has 1 atom stereocenters. The van der Waals surface area contributed by atoms with Gasteiger partial charge in [-0.15, -0.1) is 0 Å². The topological polar surface area (TPSA) is 69.6 Å². The van der Waals surface area contributed by atoms with Crippen LogP contribution in [0.3, 0.4) is 0 Å². The van der Waals surface area contributed by atoms with Crippen LogP contribution in [-0.4, -0.2) is 23.5 Å². The van der Waals surface area contributed by atoms with Crippen LogP contribution in [-0.2, 0) is 9.59 Å². The van der Waals surface area contributed by atoms with Gasteiger partial charge in [0.2, 0.25) is 11.8 Å². The van der Waals surface area contributed by atoms with Crippen molar-refractivity contribution in [3.63, 3.8) is 0 Å². The van der Waals surface area contributed by atoms with Crippen molar-refractivity contribution in [2.75, 3.05) is 16.8 Å². The van der Waals surface area contributed by atoms with Gasteiger partial charge in [0.1, 0.15) is 5.75 Å². The molecule has 0 aromatic heterocycles. The summed E-state index contributed by atoms with van der Waals surface area (Å²) in [5.74, 6) is -1.05. The van der Waals surface area contributed by atoms with Crippen LogP contribution in [0.4, 0.5) is 11.4 Å². The number of rotatable bonds is 3. The Morgan fingerprint density at radius 1 is 1.12 bits per heavy atom. The fourth-order valence-corrected chi connectivity index (χ4v) is 2.90. The van der Waals surface area contributed by atoms with Crippen molar-refractivity contribution < 1.29 is 14.7 Å². The number of nitrogens with one attached hydrogen (secondary N) is 1. The number of hydrogen-bond acceptors (Lipinski definition) is 3. The number of carbonyl (C=O) groups is 2. The largest absolute Gasteiger partial charge is 0.506 e. The van der Waals surface area contributed by atoms with E-state index < -0.39 is 5.92 Å². The minimum absolute atomic E-state index is 0.0772. The lowest BCUT2D eigenvalue weighted by atomic mass is 10.1. The minimum atomic E-state index is -0.508. The molecule has 0 spiro atoms. The first kappa shape index (κ1) is 16.6. The Bertz CT molecular complexity index is 793. The van der Waals surface area contributed by atoms with Crippen molar-refractivity contribution in [2.24, 2.45) is 5.92 Å². The molecule has 7 heteroatoms. The number of amides is 2. The van der Waals surface area contributed by atoms with Gasteiger partial charge in [-0.1, -0.05) is 23.2 Å². The maximum atomic E-state index is 12.4. The third kappa shape index (κ3) is 3.47. The highest BCUT2D eigenvalue weighted by molar-refractivity contribution is 6.31. The molecule has 0 aliphatic carbocycles. The third-order valence-electron chi connectivity index (χ3n) is 3.85. The van der Waals surface area contributed by atoms with E-state index in [-0.39, 0.29) is 36.2 Å². The summed E-state index contributed by atoms with van der Waals surface area (Å²) in [6.45, 7) is 0.271. The summed E-state index contributed by atoms with van der Waals surface area (Å²) in [4.78, 5) is 26.1. The number of phenols is 1. The molecule has 3 rings (SSSR count). The highest BCUT2D eigenvalue weighted by atomic mass is 35.5. The third-order valence-corrected chi connectivity index (χ3v) is 4.34. The molecule has 1 unspecified atom stereocenters. The van der Waals surface area contributed by atoms with E-state index in [0.717, 1.165) is 0 Å². The first-order chi connectivity index (χ1) is 11.4. The van der Waals surface area contributed by atoms with Gasteiger partial charge in [-0.05, 0) is 42.5 Å². The van der Waals surface area contributed by atoms with Gasteiger partial charge in [0, 0.05) is 28.7 Å². The van der Waals surface area contributed by atoms with E-state index in [1.807, 2.05) is 0 Å². The normalized spacial score (nSPS) is 17.2. The van der Waals surface area contributed by atoms with Gasteiger partial charge >= 0.3 is 0 Å². The minimum Gasteiger partial charge on any atom is -0.506 e. The summed E-state index contributed by atoms with van der Waals surface area (Å²) in [6, 6.07) is 11.3. The van der Waals surface area contributed by atoms with Crippen molar-refractivity contribution >= 4 is 46.4 Å². The lowest BCUT2D eigenvalue weighted by molar-refractivity contribution is -0.122. The van der Waals surface area contributed by atoms with Crippen LogP contribution in [0, 0.1) is 5.92 Å². The average molecular weight is 365 g/mol. The van der Waals surface area contributed by atoms with Crippen molar-refractivity contribution in [3.05, 3.63) is 52.5 Å². The second-order valence-electron chi connectivity index (χ2n) is 5.53. The van der Waals surface area contributed by atoms with Gasteiger partial charge in [0.15, 0.2) is 0 Å². The molecule has 1 aliphatic heterocycles. The summed E-state index contributed by atoms with van der Waals surface area (Å²) in [7, 11) is 0. The zero-order valence-electron chi connectivity index (χ0n) is 12.5. The number of halogens is 2. The molecular formula is C17H14Cl2N2O3. The van der Waals surface area contributed by atoms with Gasteiger partial charge in [-0.25, -0.2) is 0 Å². The molecule has 1 heterocycles. The van der Waals surface area contributed by atoms with Gasteiger partial charge in [-0.3, -0.25) is 9.59 Å². The number of nitrogens with zero attached hydrogens (tertiary/aromatic N) is 1. The van der Waals surface area contributed by atoms with Gasteiger partial charge in [0.05, 0.1) is 11.6 Å². The van der Waals surface area contributed by atoms with Crippen LogP contribution in [0.2, 0.25) is 10.0 Å². The van der Waals surface area contributed by atoms with E-state index in [0.29, 0.717) is 15.7 Å². The molecule has 1 aliphatic rings. The monoisotopic (exact) mass is 364 g/mol. The van der Waals surface area contributed by atoms with Crippen molar-refractivity contribution in [1.82, 2.24) is 0 Å². The molecule has 124 valence electrons. The Morgan fingerprint density at radius 3 is 2.50 bits per heavy atom. The van der Waals surface area contributed by atoms with Crippen molar-refractivity contribution in [2.45, 2.75) is 6.42 Å². The summed E-state index contributed by atoms with van der Waals surface area (Å²) in [5.41, 5.74) is 0.926. The van der Waals surface area contributed by atoms with E-state index in [1.54, 1.807) is 29.2 Å². The van der Waals surface area contributed by atoms with Crippen molar-refractivity contribution in [3.8, 4) is 5.75 Å². The molecule has 2 amide bonds. The molecule has 2 aromatic carbocycles. The Morgan fingerprint density at radius 2 is 1.79 bits per heavy atom. The number of hydrogen-bond donors (Lipinski definition) is 2. The fraction of sp³-hybridized carbons (Fsp3) is 0.176. The van der Waals surface area contributed by atoms with E-state index in [2.05, 4.69) is 5.32 Å². The summed E-state index contributed by atoms with van der Waals surface area (Å²) < 4.78 is 0. The Kier molecular flexibility index (Phi) is 4.64. The predicted octanol–water partition coefficient (Wildman–Crippen LogP) is 3.69. The standard InChI is InChI=1S/C17H14Cl2N2O3/c18-11-1-4-13(5-2-11)21-9-10(7-16(21)23)17(24)20-14-8-12(19)3-6-15(14)22/h1-6,8,10,22H,7,9H2,(H,20,24). The van der Waals surface area contributed by atoms with Crippen LogP contribution >= 0.6 is 23.2 Å². The number of phenolic OH excluding ortho intramolecular Hbond substituents is 1. The first-order valence-corrected chi connectivity index (χ1v) is 8.05.